The van der Waals surface area contributed by atoms with Gasteiger partial charge in [0.2, 0.25) is 5.91 Å². The van der Waals surface area contributed by atoms with Crippen molar-refractivity contribution >= 4 is 22.4 Å². The van der Waals surface area contributed by atoms with Crippen LogP contribution in [0, 0.1) is 13.8 Å². The number of carbonyl (C=O) groups is 1. The third-order valence-corrected chi connectivity index (χ3v) is 3.42. The van der Waals surface area contributed by atoms with E-state index >= 15 is 0 Å². The van der Waals surface area contributed by atoms with Crippen LogP contribution in [0.3, 0.4) is 0 Å². The average Bonchev–Trinajstić information content (AvgIpc) is 2.87. The SMILES string of the molecule is Cc1csc(NC(=O)C[C@H](C)n2ccc(C)n2)n1. The van der Waals surface area contributed by atoms with Crippen molar-refractivity contribution in [1.29, 1.82) is 0 Å². The van der Waals surface area contributed by atoms with E-state index in [4.69, 9.17) is 0 Å². The first-order chi connectivity index (χ1) is 8.54. The molecule has 2 aromatic heterocycles. The molecule has 0 aliphatic rings. The lowest BCUT2D eigenvalue weighted by atomic mass is 10.2. The first kappa shape index (κ1) is 12.8. The van der Waals surface area contributed by atoms with Gasteiger partial charge in [-0.15, -0.1) is 11.3 Å². The summed E-state index contributed by atoms with van der Waals surface area (Å²) in [5.74, 6) is -0.0370. The highest BCUT2D eigenvalue weighted by atomic mass is 32.1. The molecule has 18 heavy (non-hydrogen) atoms. The van der Waals surface area contributed by atoms with Gasteiger partial charge in [0, 0.05) is 18.0 Å². The number of nitrogens with one attached hydrogen (secondary N) is 1. The smallest absolute Gasteiger partial charge is 0.228 e. The monoisotopic (exact) mass is 264 g/mol. The maximum Gasteiger partial charge on any atom is 0.228 e. The van der Waals surface area contributed by atoms with Crippen molar-refractivity contribution in [2.45, 2.75) is 33.2 Å². The van der Waals surface area contributed by atoms with E-state index in [1.165, 1.54) is 11.3 Å². The van der Waals surface area contributed by atoms with E-state index in [0.717, 1.165) is 11.4 Å². The standard InChI is InChI=1S/C12H16N4OS/c1-8-4-5-16(15-8)10(3)6-11(17)14-12-13-9(2)7-18-12/h4-5,7,10H,6H2,1-3H3,(H,13,14,17)/t10-/m0/s1. The summed E-state index contributed by atoms with van der Waals surface area (Å²) in [7, 11) is 0. The van der Waals surface area contributed by atoms with Crippen LogP contribution in [0.4, 0.5) is 5.13 Å². The van der Waals surface area contributed by atoms with Crippen LogP contribution in [-0.2, 0) is 4.79 Å². The molecule has 6 heteroatoms. The topological polar surface area (TPSA) is 59.8 Å². The molecule has 0 radical (unpaired) electrons. The Morgan fingerprint density at radius 2 is 2.28 bits per heavy atom. The highest BCUT2D eigenvalue weighted by Gasteiger charge is 2.12. The Morgan fingerprint density at radius 3 is 2.83 bits per heavy atom. The highest BCUT2D eigenvalue weighted by molar-refractivity contribution is 7.13. The van der Waals surface area contributed by atoms with Gasteiger partial charge >= 0.3 is 0 Å². The molecular weight excluding hydrogens is 248 g/mol. The van der Waals surface area contributed by atoms with Gasteiger partial charge in [0.25, 0.3) is 0 Å². The molecular formula is C12H16N4OS. The lowest BCUT2D eigenvalue weighted by molar-refractivity contribution is -0.116. The van der Waals surface area contributed by atoms with Crippen LogP contribution in [0.5, 0.6) is 0 Å². The summed E-state index contributed by atoms with van der Waals surface area (Å²) in [4.78, 5) is 16.0. The van der Waals surface area contributed by atoms with Gasteiger partial charge in [0.05, 0.1) is 17.4 Å². The molecule has 0 unspecified atom stereocenters. The summed E-state index contributed by atoms with van der Waals surface area (Å²) >= 11 is 1.44. The molecule has 2 aromatic rings. The third-order valence-electron chi connectivity index (χ3n) is 2.54. The predicted molar refractivity (Wildman–Crippen MR) is 71.8 cm³/mol. The highest BCUT2D eigenvalue weighted by Crippen LogP contribution is 2.16. The lowest BCUT2D eigenvalue weighted by Crippen LogP contribution is -2.17. The van der Waals surface area contributed by atoms with Crippen molar-refractivity contribution in [2.75, 3.05) is 5.32 Å². The number of amides is 1. The average molecular weight is 264 g/mol. The molecule has 2 heterocycles. The van der Waals surface area contributed by atoms with Gasteiger partial charge in [-0.2, -0.15) is 5.10 Å². The zero-order valence-electron chi connectivity index (χ0n) is 10.7. The van der Waals surface area contributed by atoms with Crippen molar-refractivity contribution in [3.8, 4) is 0 Å². The van der Waals surface area contributed by atoms with Crippen LogP contribution < -0.4 is 5.32 Å². The van der Waals surface area contributed by atoms with Crippen LogP contribution >= 0.6 is 11.3 Å². The number of nitrogens with zero attached hydrogens (tertiary/aromatic N) is 3. The molecule has 0 aliphatic heterocycles. The number of anilines is 1. The Morgan fingerprint density at radius 1 is 1.50 bits per heavy atom. The molecule has 2 rings (SSSR count). The van der Waals surface area contributed by atoms with Crippen LogP contribution in [0.15, 0.2) is 17.6 Å². The van der Waals surface area contributed by atoms with Crippen molar-refractivity contribution in [3.63, 3.8) is 0 Å². The molecule has 96 valence electrons. The maximum atomic E-state index is 11.8. The number of hydrogen-bond donors (Lipinski definition) is 1. The van der Waals surface area contributed by atoms with Crippen molar-refractivity contribution in [3.05, 3.63) is 29.0 Å². The Kier molecular flexibility index (Phi) is 3.76. The summed E-state index contributed by atoms with van der Waals surface area (Å²) in [6.45, 7) is 5.81. The summed E-state index contributed by atoms with van der Waals surface area (Å²) in [5, 5.41) is 9.66. The van der Waals surface area contributed by atoms with E-state index in [2.05, 4.69) is 15.4 Å². The van der Waals surface area contributed by atoms with E-state index in [-0.39, 0.29) is 11.9 Å². The molecule has 0 spiro atoms. The summed E-state index contributed by atoms with van der Waals surface area (Å²) < 4.78 is 1.81. The fourth-order valence-corrected chi connectivity index (χ4v) is 2.33. The van der Waals surface area contributed by atoms with Crippen LogP contribution in [-0.4, -0.2) is 20.7 Å². The van der Waals surface area contributed by atoms with Gasteiger partial charge in [-0.25, -0.2) is 4.98 Å². The molecule has 0 bridgehead atoms. The Labute approximate surface area is 110 Å². The molecule has 0 aliphatic carbocycles. The predicted octanol–water partition coefficient (Wildman–Crippen LogP) is 2.55. The van der Waals surface area contributed by atoms with Crippen molar-refractivity contribution in [1.82, 2.24) is 14.8 Å². The first-order valence-corrected chi connectivity index (χ1v) is 6.66. The van der Waals surface area contributed by atoms with Gasteiger partial charge < -0.3 is 5.32 Å². The number of carbonyl (C=O) groups excluding carboxylic acids is 1. The zero-order chi connectivity index (χ0) is 13.1. The summed E-state index contributed by atoms with van der Waals surface area (Å²) in [5.41, 5.74) is 1.88. The minimum Gasteiger partial charge on any atom is -0.302 e. The second-order valence-corrected chi connectivity index (χ2v) is 5.19. The molecule has 0 saturated carbocycles. The molecule has 0 fully saturated rings. The molecule has 1 N–H and O–H groups in total. The minimum absolute atomic E-state index is 0.0370. The first-order valence-electron chi connectivity index (χ1n) is 5.78. The lowest BCUT2D eigenvalue weighted by Gasteiger charge is -2.11. The van der Waals surface area contributed by atoms with Gasteiger partial charge in [0.1, 0.15) is 0 Å². The Bertz CT molecular complexity index is 546. The van der Waals surface area contributed by atoms with Crippen LogP contribution in [0.1, 0.15) is 30.8 Å². The zero-order valence-corrected chi connectivity index (χ0v) is 11.5. The normalized spacial score (nSPS) is 12.4. The largest absolute Gasteiger partial charge is 0.302 e. The number of aromatic nitrogens is 3. The second kappa shape index (κ2) is 5.30. The van der Waals surface area contributed by atoms with Crippen molar-refractivity contribution < 1.29 is 4.79 Å². The van der Waals surface area contributed by atoms with Crippen LogP contribution in [0.25, 0.3) is 0 Å². The molecule has 1 atom stereocenters. The number of hydrogen-bond acceptors (Lipinski definition) is 4. The number of aryl methyl sites for hydroxylation is 2. The Balaban J connectivity index is 1.91. The minimum atomic E-state index is -0.0370. The molecule has 0 aromatic carbocycles. The number of rotatable bonds is 4. The summed E-state index contributed by atoms with van der Waals surface area (Å²) in [6.07, 6.45) is 2.28. The van der Waals surface area contributed by atoms with Gasteiger partial charge in [0.15, 0.2) is 5.13 Å². The summed E-state index contributed by atoms with van der Waals surface area (Å²) in [6, 6.07) is 1.97. The quantitative estimate of drug-likeness (QED) is 0.923. The van der Waals surface area contributed by atoms with E-state index < -0.39 is 0 Å². The van der Waals surface area contributed by atoms with E-state index in [1.54, 1.807) is 0 Å². The van der Waals surface area contributed by atoms with E-state index in [1.807, 2.05) is 43.1 Å². The molecule has 0 saturated heterocycles. The van der Waals surface area contributed by atoms with Crippen LogP contribution in [0.2, 0.25) is 0 Å². The second-order valence-electron chi connectivity index (χ2n) is 4.33. The van der Waals surface area contributed by atoms with E-state index in [9.17, 15) is 4.79 Å². The Hall–Kier alpha value is -1.69. The third kappa shape index (κ3) is 3.16. The van der Waals surface area contributed by atoms with Crippen molar-refractivity contribution in [2.24, 2.45) is 0 Å². The number of thiazole rings is 1. The van der Waals surface area contributed by atoms with Gasteiger partial charge in [-0.1, -0.05) is 0 Å². The molecule has 1 amide bonds. The van der Waals surface area contributed by atoms with E-state index in [0.29, 0.717) is 11.6 Å². The van der Waals surface area contributed by atoms with Gasteiger partial charge in [-0.05, 0) is 26.8 Å². The maximum absolute atomic E-state index is 11.8. The fourth-order valence-electron chi connectivity index (χ4n) is 1.62. The fraction of sp³-hybridized carbons (Fsp3) is 0.417. The molecule has 5 nitrogen and oxygen atoms in total. The van der Waals surface area contributed by atoms with Gasteiger partial charge in [-0.3, -0.25) is 9.48 Å².